The van der Waals surface area contributed by atoms with E-state index in [9.17, 15) is 0 Å². The Bertz CT molecular complexity index is 133. The molecule has 0 heterocycles. The summed E-state index contributed by atoms with van der Waals surface area (Å²) in [6.07, 6.45) is 3.99. The third-order valence-corrected chi connectivity index (χ3v) is 1.50. The van der Waals surface area contributed by atoms with Crippen molar-refractivity contribution in [1.29, 1.82) is 0 Å². The van der Waals surface area contributed by atoms with Crippen LogP contribution in [0.25, 0.3) is 0 Å². The van der Waals surface area contributed by atoms with Crippen molar-refractivity contribution < 1.29 is 0 Å². The first-order valence-corrected chi connectivity index (χ1v) is 4.21. The van der Waals surface area contributed by atoms with Crippen LogP contribution in [-0.4, -0.2) is 17.6 Å². The molecule has 0 spiro atoms. The lowest BCUT2D eigenvalue weighted by Crippen LogP contribution is -2.39. The first kappa shape index (κ1) is 11.3. The largest absolute Gasteiger partial charge is 0.403 e. The molecule has 6 N–H and O–H groups in total. The van der Waals surface area contributed by atoms with E-state index in [4.69, 9.17) is 17.3 Å². The normalized spacial score (nSPS) is 14.1. The molecule has 0 aromatic heterocycles. The van der Waals surface area contributed by atoms with Gasteiger partial charge in [0.15, 0.2) is 0 Å². The Morgan fingerprint density at radius 2 is 2.00 bits per heavy atom. The van der Waals surface area contributed by atoms with Crippen molar-refractivity contribution in [2.75, 3.05) is 6.54 Å². The third kappa shape index (κ3) is 6.00. The zero-order valence-corrected chi connectivity index (χ0v) is 7.90. The van der Waals surface area contributed by atoms with Crippen molar-refractivity contribution >= 4 is 0 Å². The maximum Gasteiger partial charge on any atom is 0.0487 e. The Morgan fingerprint density at radius 3 is 2.42 bits per heavy atom. The molecular formula is C8H20N4. The lowest BCUT2D eigenvalue weighted by atomic mass is 10.0. The van der Waals surface area contributed by atoms with E-state index in [2.05, 4.69) is 13.8 Å². The summed E-state index contributed by atoms with van der Waals surface area (Å²) < 4.78 is 0. The summed E-state index contributed by atoms with van der Waals surface area (Å²) in [4.78, 5) is 0. The third-order valence-electron chi connectivity index (χ3n) is 1.50. The smallest absolute Gasteiger partial charge is 0.0487 e. The van der Waals surface area contributed by atoms with Crippen LogP contribution in [-0.2, 0) is 0 Å². The number of hydrazine groups is 1. The molecule has 0 aromatic carbocycles. The van der Waals surface area contributed by atoms with Crippen LogP contribution < -0.4 is 17.3 Å². The van der Waals surface area contributed by atoms with Crippen LogP contribution in [0.5, 0.6) is 0 Å². The van der Waals surface area contributed by atoms with E-state index < -0.39 is 0 Å². The molecule has 72 valence electrons. The number of nitrogens with zero attached hydrogens (tertiary/aromatic N) is 1. The van der Waals surface area contributed by atoms with Gasteiger partial charge in [-0.25, -0.2) is 5.84 Å². The Morgan fingerprint density at radius 1 is 1.42 bits per heavy atom. The van der Waals surface area contributed by atoms with Crippen LogP contribution in [0.15, 0.2) is 12.4 Å². The summed E-state index contributed by atoms with van der Waals surface area (Å²) in [5, 5.41) is 1.51. The van der Waals surface area contributed by atoms with E-state index in [-0.39, 0.29) is 6.04 Å². The monoisotopic (exact) mass is 172 g/mol. The van der Waals surface area contributed by atoms with Gasteiger partial charge in [-0.15, -0.1) is 0 Å². The fraction of sp³-hybridized carbons (Fsp3) is 0.750. The highest BCUT2D eigenvalue weighted by Crippen LogP contribution is 2.02. The van der Waals surface area contributed by atoms with Gasteiger partial charge in [0.05, 0.1) is 0 Å². The highest BCUT2D eigenvalue weighted by atomic mass is 15.4. The van der Waals surface area contributed by atoms with Crippen molar-refractivity contribution in [2.24, 2.45) is 23.2 Å². The zero-order valence-electron chi connectivity index (χ0n) is 7.90. The molecule has 0 fully saturated rings. The summed E-state index contributed by atoms with van der Waals surface area (Å²) in [5.41, 5.74) is 11.0. The minimum absolute atomic E-state index is 0.117. The second-order valence-corrected chi connectivity index (χ2v) is 3.43. The molecule has 0 unspecified atom stereocenters. The molecule has 0 amide bonds. The van der Waals surface area contributed by atoms with E-state index in [1.54, 1.807) is 6.20 Å². The number of rotatable bonds is 5. The van der Waals surface area contributed by atoms with Gasteiger partial charge in [0.2, 0.25) is 0 Å². The van der Waals surface area contributed by atoms with Crippen LogP contribution >= 0.6 is 0 Å². The average Bonchev–Trinajstić information content (AvgIpc) is 1.84. The summed E-state index contributed by atoms with van der Waals surface area (Å²) in [6.45, 7) is 4.92. The molecule has 0 saturated carbocycles. The van der Waals surface area contributed by atoms with Crippen molar-refractivity contribution in [3.8, 4) is 0 Å². The molecule has 0 saturated heterocycles. The number of hydrogen-bond acceptors (Lipinski definition) is 4. The Balaban J connectivity index is 3.60. The minimum Gasteiger partial charge on any atom is -0.403 e. The van der Waals surface area contributed by atoms with E-state index in [1.807, 2.05) is 0 Å². The van der Waals surface area contributed by atoms with Gasteiger partial charge in [-0.05, 0) is 12.3 Å². The van der Waals surface area contributed by atoms with Crippen LogP contribution in [0.3, 0.4) is 0 Å². The van der Waals surface area contributed by atoms with Gasteiger partial charge < -0.3 is 16.5 Å². The van der Waals surface area contributed by atoms with E-state index in [0.29, 0.717) is 12.5 Å². The second kappa shape index (κ2) is 5.85. The molecular weight excluding hydrogens is 152 g/mol. The van der Waals surface area contributed by atoms with E-state index in [0.717, 1.165) is 6.42 Å². The van der Waals surface area contributed by atoms with E-state index >= 15 is 0 Å². The number of nitrogens with two attached hydrogens (primary N) is 3. The van der Waals surface area contributed by atoms with E-state index in [1.165, 1.54) is 11.2 Å². The molecule has 0 aliphatic heterocycles. The lowest BCUT2D eigenvalue weighted by Gasteiger charge is -2.20. The predicted molar refractivity (Wildman–Crippen MR) is 51.7 cm³/mol. The Kier molecular flexibility index (Phi) is 5.49. The first-order chi connectivity index (χ1) is 5.56. The highest BCUT2D eigenvalue weighted by Gasteiger charge is 2.06. The zero-order chi connectivity index (χ0) is 9.56. The molecule has 4 nitrogen and oxygen atoms in total. The maximum atomic E-state index is 5.81. The van der Waals surface area contributed by atoms with Gasteiger partial charge in [-0.1, -0.05) is 13.8 Å². The topological polar surface area (TPSA) is 81.3 Å². The molecule has 12 heavy (non-hydrogen) atoms. The minimum atomic E-state index is 0.117. The van der Waals surface area contributed by atoms with Gasteiger partial charge >= 0.3 is 0 Å². The average molecular weight is 172 g/mol. The van der Waals surface area contributed by atoms with Gasteiger partial charge in [0.25, 0.3) is 0 Å². The summed E-state index contributed by atoms with van der Waals surface area (Å²) in [5.74, 6) is 6.15. The molecule has 0 aromatic rings. The fourth-order valence-corrected chi connectivity index (χ4v) is 1.12. The van der Waals surface area contributed by atoms with Crippen molar-refractivity contribution in [3.63, 3.8) is 0 Å². The van der Waals surface area contributed by atoms with Gasteiger partial charge in [0.1, 0.15) is 0 Å². The Hall–Kier alpha value is -0.740. The highest BCUT2D eigenvalue weighted by molar-refractivity contribution is 4.77. The molecule has 0 aliphatic carbocycles. The molecule has 4 heteroatoms. The molecule has 0 radical (unpaired) electrons. The summed E-state index contributed by atoms with van der Waals surface area (Å²) in [7, 11) is 0. The molecule has 0 rings (SSSR count). The first-order valence-electron chi connectivity index (χ1n) is 4.21. The molecule has 1 atom stereocenters. The standard InChI is InChI=1S/C8H20N4/c1-7(2)5-8(10)6-12(11)4-3-9/h3-4,7-8H,5-6,9-11H2,1-2H3/b4-3-/t8-/m0/s1. The summed E-state index contributed by atoms with van der Waals surface area (Å²) in [6, 6.07) is 0.117. The second-order valence-electron chi connectivity index (χ2n) is 3.43. The maximum absolute atomic E-state index is 5.81. The van der Waals surface area contributed by atoms with Gasteiger partial charge in [-0.3, -0.25) is 0 Å². The van der Waals surface area contributed by atoms with Crippen molar-refractivity contribution in [3.05, 3.63) is 12.4 Å². The number of hydrogen-bond donors (Lipinski definition) is 3. The fourth-order valence-electron chi connectivity index (χ4n) is 1.12. The van der Waals surface area contributed by atoms with Crippen LogP contribution in [0.4, 0.5) is 0 Å². The van der Waals surface area contributed by atoms with Crippen LogP contribution in [0.2, 0.25) is 0 Å². The van der Waals surface area contributed by atoms with Crippen molar-refractivity contribution in [1.82, 2.24) is 5.01 Å². The molecule has 0 aliphatic rings. The lowest BCUT2D eigenvalue weighted by molar-refractivity contribution is 0.334. The quantitative estimate of drug-likeness (QED) is 0.401. The molecule has 0 bridgehead atoms. The predicted octanol–water partition coefficient (Wildman–Crippen LogP) is -0.0346. The van der Waals surface area contributed by atoms with Gasteiger partial charge in [0, 0.05) is 25.0 Å². The Labute approximate surface area is 74.4 Å². The van der Waals surface area contributed by atoms with Crippen LogP contribution in [0, 0.1) is 5.92 Å². The SMILES string of the molecule is CC(C)C[C@H](N)CN(N)/C=C\N. The van der Waals surface area contributed by atoms with Gasteiger partial charge in [-0.2, -0.15) is 0 Å². The summed E-state index contributed by atoms with van der Waals surface area (Å²) >= 11 is 0. The van der Waals surface area contributed by atoms with Crippen LogP contribution in [0.1, 0.15) is 20.3 Å². The van der Waals surface area contributed by atoms with Crippen molar-refractivity contribution in [2.45, 2.75) is 26.3 Å².